The molecule has 0 aliphatic carbocycles. The van der Waals surface area contributed by atoms with Crippen molar-refractivity contribution in [3.63, 3.8) is 0 Å². The summed E-state index contributed by atoms with van der Waals surface area (Å²) in [4.78, 5) is 31.0. The molecule has 5 aromatic rings. The van der Waals surface area contributed by atoms with Crippen LogP contribution in [0.5, 0.6) is 17.2 Å². The Morgan fingerprint density at radius 2 is 1.90 bits per heavy atom. The summed E-state index contributed by atoms with van der Waals surface area (Å²) in [6.45, 7) is -1.20. The van der Waals surface area contributed by atoms with Gasteiger partial charge in [0, 0.05) is 32.1 Å². The van der Waals surface area contributed by atoms with Crippen LogP contribution >= 0.6 is 0 Å². The zero-order valence-corrected chi connectivity index (χ0v) is 22.3. The zero-order valence-electron chi connectivity index (χ0n) is 22.3. The molecule has 2 aromatic carbocycles. The fourth-order valence-electron chi connectivity index (χ4n) is 4.09. The van der Waals surface area contributed by atoms with Crippen LogP contribution in [0.15, 0.2) is 67.3 Å². The molecule has 0 saturated carbocycles. The molecule has 2 N–H and O–H groups in total. The molecule has 210 valence electrons. The molecule has 0 aliphatic heterocycles. The second-order valence-corrected chi connectivity index (χ2v) is 9.25. The van der Waals surface area contributed by atoms with Gasteiger partial charge < -0.3 is 19.7 Å². The maximum Gasteiger partial charge on any atom is 0.387 e. The zero-order chi connectivity index (χ0) is 29.1. The molecule has 2 amide bonds. The molecule has 11 nitrogen and oxygen atoms in total. The number of hydrogen-bond donors (Lipinski definition) is 2. The number of aromatic amines is 1. The van der Waals surface area contributed by atoms with Gasteiger partial charge in [0.1, 0.15) is 22.8 Å². The van der Waals surface area contributed by atoms with E-state index in [9.17, 15) is 18.4 Å². The normalized spacial score (nSPS) is 11.1. The van der Waals surface area contributed by atoms with Gasteiger partial charge in [-0.05, 0) is 54.4 Å². The number of halogens is 2. The highest BCUT2D eigenvalue weighted by Gasteiger charge is 2.21. The van der Waals surface area contributed by atoms with Crippen molar-refractivity contribution < 1.29 is 27.8 Å². The molecule has 0 unspecified atom stereocenters. The van der Waals surface area contributed by atoms with Crippen molar-refractivity contribution in [3.05, 3.63) is 83.9 Å². The quantitative estimate of drug-likeness (QED) is 0.267. The second-order valence-electron chi connectivity index (χ2n) is 9.25. The smallest absolute Gasteiger partial charge is 0.387 e. The topological polar surface area (TPSA) is 127 Å². The number of anilines is 1. The Hall–Kier alpha value is -5.33. The van der Waals surface area contributed by atoms with E-state index in [1.54, 1.807) is 38.5 Å². The predicted octanol–water partition coefficient (Wildman–Crippen LogP) is 4.70. The van der Waals surface area contributed by atoms with Crippen molar-refractivity contribution in [2.45, 2.75) is 20.0 Å². The fourth-order valence-corrected chi connectivity index (χ4v) is 4.09. The van der Waals surface area contributed by atoms with Crippen LogP contribution in [0, 0.1) is 6.92 Å². The molecule has 0 saturated heterocycles. The molecule has 0 bridgehead atoms. The monoisotopic (exact) mass is 561 g/mol. The minimum absolute atomic E-state index is 0.0604. The number of rotatable bonds is 9. The fraction of sp³-hybridized carbons (Fsp3) is 0.179. The molecular weight excluding hydrogens is 536 g/mol. The lowest BCUT2D eigenvalue weighted by Gasteiger charge is -2.15. The van der Waals surface area contributed by atoms with Gasteiger partial charge in [0.15, 0.2) is 5.65 Å². The van der Waals surface area contributed by atoms with Crippen LogP contribution in [-0.2, 0) is 11.2 Å². The van der Waals surface area contributed by atoms with Gasteiger partial charge in [-0.1, -0.05) is 6.07 Å². The second kappa shape index (κ2) is 11.4. The minimum atomic E-state index is -3.10. The predicted molar refractivity (Wildman–Crippen MR) is 145 cm³/mol. The van der Waals surface area contributed by atoms with Crippen molar-refractivity contribution >= 4 is 23.1 Å². The Morgan fingerprint density at radius 3 is 2.68 bits per heavy atom. The Balaban J connectivity index is 1.45. The van der Waals surface area contributed by atoms with Crippen molar-refractivity contribution in [3.8, 4) is 28.5 Å². The van der Waals surface area contributed by atoms with E-state index in [1.165, 1.54) is 46.2 Å². The summed E-state index contributed by atoms with van der Waals surface area (Å²) in [6, 6.07) is 11.3. The molecule has 5 rings (SSSR count). The first-order valence-electron chi connectivity index (χ1n) is 12.4. The number of amides is 2. The van der Waals surface area contributed by atoms with Crippen LogP contribution in [0.25, 0.3) is 16.9 Å². The third-order valence-corrected chi connectivity index (χ3v) is 6.24. The van der Waals surface area contributed by atoms with Gasteiger partial charge in [0.05, 0.1) is 30.2 Å². The summed E-state index contributed by atoms with van der Waals surface area (Å²) in [6.07, 6.45) is 6.10. The molecule has 0 atom stereocenters. The first kappa shape index (κ1) is 27.2. The average Bonchev–Trinajstić information content (AvgIpc) is 3.58. The van der Waals surface area contributed by atoms with Gasteiger partial charge in [0.2, 0.25) is 5.91 Å². The summed E-state index contributed by atoms with van der Waals surface area (Å²) in [5, 5.41) is 13.6. The lowest BCUT2D eigenvalue weighted by atomic mass is 10.0. The number of ether oxygens (including phenoxy) is 2. The van der Waals surface area contributed by atoms with E-state index in [4.69, 9.17) is 9.47 Å². The standard InChI is InChI=1S/C28H25F2N7O4/c1-16-5-6-18(11-17(16)12-24(38)36(2)3)40-19-7-8-23(41-28(29)30)20(13-19)25-22(15-32-35-25)34-27(39)21-14-33-37-10-4-9-31-26(21)37/h4-11,13-15,28H,12H2,1-3H3,(H,32,35)(H,34,39). The minimum Gasteiger partial charge on any atom is -0.457 e. The number of carbonyl (C=O) groups excluding carboxylic acids is 2. The number of benzene rings is 2. The summed E-state index contributed by atoms with van der Waals surface area (Å²) in [5.41, 5.74) is 2.86. The number of carbonyl (C=O) groups is 2. The van der Waals surface area contributed by atoms with Crippen LogP contribution < -0.4 is 14.8 Å². The molecule has 41 heavy (non-hydrogen) atoms. The number of nitrogens with zero attached hydrogens (tertiary/aromatic N) is 5. The van der Waals surface area contributed by atoms with Gasteiger partial charge in [-0.15, -0.1) is 0 Å². The molecular formula is C28H25F2N7O4. The molecule has 3 heterocycles. The lowest BCUT2D eigenvalue weighted by molar-refractivity contribution is -0.127. The largest absolute Gasteiger partial charge is 0.457 e. The first-order chi connectivity index (χ1) is 19.7. The molecule has 0 spiro atoms. The Morgan fingerprint density at radius 1 is 1.12 bits per heavy atom. The molecule has 3 aromatic heterocycles. The number of aromatic nitrogens is 5. The summed E-state index contributed by atoms with van der Waals surface area (Å²) < 4.78 is 38.8. The van der Waals surface area contributed by atoms with E-state index in [2.05, 4.69) is 25.6 Å². The van der Waals surface area contributed by atoms with Gasteiger partial charge >= 0.3 is 6.61 Å². The molecule has 0 aliphatic rings. The van der Waals surface area contributed by atoms with Crippen LogP contribution in [0.1, 0.15) is 21.5 Å². The van der Waals surface area contributed by atoms with E-state index >= 15 is 0 Å². The Bertz CT molecular complexity index is 1730. The van der Waals surface area contributed by atoms with E-state index in [-0.39, 0.29) is 40.6 Å². The maximum absolute atomic E-state index is 13.3. The van der Waals surface area contributed by atoms with Crippen molar-refractivity contribution in [2.75, 3.05) is 19.4 Å². The van der Waals surface area contributed by atoms with Crippen LogP contribution in [0.3, 0.4) is 0 Å². The SMILES string of the molecule is Cc1ccc(Oc2ccc(OC(F)F)c(-c3[nH]ncc3NC(=O)c3cnn4cccnc34)c2)cc1CC(=O)N(C)C. The van der Waals surface area contributed by atoms with Gasteiger partial charge in [-0.3, -0.25) is 14.7 Å². The number of nitrogens with one attached hydrogen (secondary N) is 2. The van der Waals surface area contributed by atoms with E-state index in [0.717, 1.165) is 11.1 Å². The summed E-state index contributed by atoms with van der Waals surface area (Å²) >= 11 is 0. The van der Waals surface area contributed by atoms with Gasteiger partial charge in [-0.25, -0.2) is 9.50 Å². The summed E-state index contributed by atoms with van der Waals surface area (Å²) in [5.74, 6) is 0.00337. The summed E-state index contributed by atoms with van der Waals surface area (Å²) in [7, 11) is 3.37. The number of hydrogen-bond acceptors (Lipinski definition) is 7. The third-order valence-electron chi connectivity index (χ3n) is 6.24. The van der Waals surface area contributed by atoms with Crippen LogP contribution in [0.4, 0.5) is 14.5 Å². The molecule has 0 fully saturated rings. The first-order valence-corrected chi connectivity index (χ1v) is 12.4. The van der Waals surface area contributed by atoms with Crippen molar-refractivity contribution in [1.82, 2.24) is 29.7 Å². The highest BCUT2D eigenvalue weighted by atomic mass is 19.3. The highest BCUT2D eigenvalue weighted by molar-refractivity contribution is 6.09. The average molecular weight is 562 g/mol. The van der Waals surface area contributed by atoms with Crippen LogP contribution in [-0.4, -0.2) is 62.2 Å². The number of H-pyrrole nitrogens is 1. The lowest BCUT2D eigenvalue weighted by Crippen LogP contribution is -2.23. The van der Waals surface area contributed by atoms with Gasteiger partial charge in [0.25, 0.3) is 5.91 Å². The maximum atomic E-state index is 13.3. The third kappa shape index (κ3) is 5.98. The van der Waals surface area contributed by atoms with E-state index in [0.29, 0.717) is 17.1 Å². The number of alkyl halides is 2. The van der Waals surface area contributed by atoms with Crippen LogP contribution in [0.2, 0.25) is 0 Å². The molecule has 13 heteroatoms. The van der Waals surface area contributed by atoms with E-state index in [1.807, 2.05) is 13.0 Å². The number of aryl methyl sites for hydroxylation is 1. The molecule has 0 radical (unpaired) electrons. The highest BCUT2D eigenvalue weighted by Crippen LogP contribution is 2.38. The van der Waals surface area contributed by atoms with Crippen molar-refractivity contribution in [1.29, 1.82) is 0 Å². The van der Waals surface area contributed by atoms with Gasteiger partial charge in [-0.2, -0.15) is 19.0 Å². The van der Waals surface area contributed by atoms with E-state index < -0.39 is 12.5 Å². The number of likely N-dealkylation sites (N-methyl/N-ethyl adjacent to an activating group) is 1. The Labute approximate surface area is 232 Å². The van der Waals surface area contributed by atoms with Crippen molar-refractivity contribution in [2.24, 2.45) is 0 Å². The Kier molecular flexibility index (Phi) is 7.59. The number of fused-ring (bicyclic) bond motifs is 1.